The van der Waals surface area contributed by atoms with E-state index in [0.717, 1.165) is 42.4 Å². The maximum atomic E-state index is 11.0. The highest BCUT2D eigenvalue weighted by Gasteiger charge is 2.09. The summed E-state index contributed by atoms with van der Waals surface area (Å²) in [6.07, 6.45) is 5.10. The highest BCUT2D eigenvalue weighted by Crippen LogP contribution is 2.26. The Morgan fingerprint density at radius 2 is 2.29 bits per heavy atom. The molecule has 3 heterocycles. The molecule has 0 radical (unpaired) electrons. The largest absolute Gasteiger partial charge is 0.477 e. The van der Waals surface area contributed by atoms with Gasteiger partial charge in [-0.1, -0.05) is 6.07 Å². The fourth-order valence-electron chi connectivity index (χ4n) is 2.46. The Hall–Kier alpha value is -2.38. The third-order valence-corrected chi connectivity index (χ3v) is 4.77. The zero-order chi connectivity index (χ0) is 16.8. The highest BCUT2D eigenvalue weighted by atomic mass is 32.1. The van der Waals surface area contributed by atoms with Crippen LogP contribution in [0.3, 0.4) is 0 Å². The first-order valence-corrected chi connectivity index (χ1v) is 8.68. The molecule has 6 nitrogen and oxygen atoms in total. The van der Waals surface area contributed by atoms with E-state index in [0.29, 0.717) is 11.4 Å². The van der Waals surface area contributed by atoms with Gasteiger partial charge in [0.25, 0.3) is 0 Å². The van der Waals surface area contributed by atoms with E-state index in [9.17, 15) is 4.79 Å². The second-order valence-corrected chi connectivity index (χ2v) is 6.59. The van der Waals surface area contributed by atoms with Crippen molar-refractivity contribution in [3.8, 4) is 10.6 Å². The van der Waals surface area contributed by atoms with Crippen molar-refractivity contribution in [1.29, 1.82) is 0 Å². The van der Waals surface area contributed by atoms with Crippen LogP contribution in [0.2, 0.25) is 0 Å². The molecule has 0 amide bonds. The number of hydrogen-bond donors (Lipinski definition) is 3. The van der Waals surface area contributed by atoms with Crippen LogP contribution in [0.4, 0.5) is 0 Å². The molecule has 1 aliphatic heterocycles. The van der Waals surface area contributed by atoms with E-state index in [1.165, 1.54) is 11.3 Å². The molecule has 0 fully saturated rings. The summed E-state index contributed by atoms with van der Waals surface area (Å²) >= 11 is 1.25. The van der Waals surface area contributed by atoms with Crippen molar-refractivity contribution in [2.24, 2.45) is 0 Å². The van der Waals surface area contributed by atoms with Crippen molar-refractivity contribution in [3.63, 3.8) is 0 Å². The van der Waals surface area contributed by atoms with Crippen LogP contribution < -0.4 is 10.6 Å². The Balaban J connectivity index is 1.49. The molecule has 0 aliphatic carbocycles. The average molecular weight is 344 g/mol. The summed E-state index contributed by atoms with van der Waals surface area (Å²) in [6, 6.07) is 9.28. The number of nitrogens with zero attached hydrogens (tertiary/aromatic N) is 2. The van der Waals surface area contributed by atoms with Crippen LogP contribution in [-0.4, -0.2) is 40.7 Å². The number of aromatic nitrogens is 1. The summed E-state index contributed by atoms with van der Waals surface area (Å²) in [7, 11) is 0. The lowest BCUT2D eigenvalue weighted by Crippen LogP contribution is -2.25. The van der Waals surface area contributed by atoms with Crippen molar-refractivity contribution in [3.05, 3.63) is 53.3 Å². The van der Waals surface area contributed by atoms with Gasteiger partial charge < -0.3 is 20.6 Å². The van der Waals surface area contributed by atoms with E-state index in [4.69, 9.17) is 5.11 Å². The first-order chi connectivity index (χ1) is 11.7. The molecule has 24 heavy (non-hydrogen) atoms. The summed E-state index contributed by atoms with van der Waals surface area (Å²) in [5, 5.41) is 15.6. The molecule has 0 saturated carbocycles. The van der Waals surface area contributed by atoms with Gasteiger partial charge in [0.1, 0.15) is 4.88 Å². The molecule has 0 atom stereocenters. The molecule has 0 unspecified atom stereocenters. The monoisotopic (exact) mass is 344 g/mol. The van der Waals surface area contributed by atoms with Gasteiger partial charge in [-0.2, -0.15) is 0 Å². The fraction of sp³-hybridized carbons (Fsp3) is 0.294. The Bertz CT molecular complexity index is 729. The molecule has 126 valence electrons. The van der Waals surface area contributed by atoms with Crippen LogP contribution in [0.1, 0.15) is 21.8 Å². The number of hydrogen-bond acceptors (Lipinski definition) is 6. The standard InChI is InChI=1S/C17H20N4O2S/c22-17(23)16-6-5-15(24-16)14-4-1-3-13(20-14)11-18-7-2-9-21-10-8-19-12-21/h1,3-6,8,10,18-19H,2,7,9,11-12H2,(H,22,23). The van der Waals surface area contributed by atoms with Gasteiger partial charge >= 0.3 is 5.97 Å². The van der Waals surface area contributed by atoms with Gasteiger partial charge in [-0.05, 0) is 37.2 Å². The maximum Gasteiger partial charge on any atom is 0.345 e. The number of carbonyl (C=O) groups is 1. The Kier molecular flexibility index (Phi) is 5.45. The van der Waals surface area contributed by atoms with Gasteiger partial charge in [0.15, 0.2) is 0 Å². The number of carboxylic acids is 1. The fourth-order valence-corrected chi connectivity index (χ4v) is 3.28. The Morgan fingerprint density at radius 3 is 3.04 bits per heavy atom. The molecule has 0 aromatic carbocycles. The third kappa shape index (κ3) is 4.33. The molecule has 2 aromatic rings. The lowest BCUT2D eigenvalue weighted by atomic mass is 10.2. The normalized spacial score (nSPS) is 13.2. The van der Waals surface area contributed by atoms with Crippen molar-refractivity contribution in [2.45, 2.75) is 13.0 Å². The number of nitrogens with one attached hydrogen (secondary N) is 2. The molecule has 0 spiro atoms. The van der Waals surface area contributed by atoms with Crippen molar-refractivity contribution in [2.75, 3.05) is 19.8 Å². The van der Waals surface area contributed by atoms with Crippen LogP contribution in [0, 0.1) is 0 Å². The SMILES string of the molecule is O=C(O)c1ccc(-c2cccc(CNCCCN3C=CNC3)n2)s1. The Labute approximate surface area is 144 Å². The van der Waals surface area contributed by atoms with Gasteiger partial charge in [-0.3, -0.25) is 4.98 Å². The summed E-state index contributed by atoms with van der Waals surface area (Å²) in [5.74, 6) is -0.896. The first kappa shape index (κ1) is 16.5. The van der Waals surface area contributed by atoms with Crippen LogP contribution in [-0.2, 0) is 6.54 Å². The Morgan fingerprint density at radius 1 is 1.38 bits per heavy atom. The second kappa shape index (κ2) is 7.94. The minimum atomic E-state index is -0.896. The van der Waals surface area contributed by atoms with Gasteiger partial charge in [-0.15, -0.1) is 11.3 Å². The third-order valence-electron chi connectivity index (χ3n) is 3.68. The van der Waals surface area contributed by atoms with Crippen LogP contribution >= 0.6 is 11.3 Å². The lowest BCUT2D eigenvalue weighted by Gasteiger charge is -2.14. The van der Waals surface area contributed by atoms with E-state index in [1.807, 2.05) is 30.5 Å². The summed E-state index contributed by atoms with van der Waals surface area (Å²) in [4.78, 5) is 19.0. The molecule has 1 aliphatic rings. The molecular formula is C17H20N4O2S. The van der Waals surface area contributed by atoms with Gasteiger partial charge in [0, 0.05) is 25.5 Å². The van der Waals surface area contributed by atoms with Gasteiger partial charge in [0.05, 0.1) is 22.9 Å². The summed E-state index contributed by atoms with van der Waals surface area (Å²) in [5.41, 5.74) is 1.78. The van der Waals surface area contributed by atoms with Gasteiger partial charge in [0.2, 0.25) is 0 Å². The topological polar surface area (TPSA) is 77.5 Å². The summed E-state index contributed by atoms with van der Waals surface area (Å²) in [6.45, 7) is 3.55. The number of thiophene rings is 1. The van der Waals surface area contributed by atoms with Crippen LogP contribution in [0.5, 0.6) is 0 Å². The van der Waals surface area contributed by atoms with Crippen molar-refractivity contribution >= 4 is 17.3 Å². The smallest absolute Gasteiger partial charge is 0.345 e. The number of aromatic carboxylic acids is 1. The number of pyridine rings is 1. The number of carboxylic acid groups (broad SMARTS) is 1. The average Bonchev–Trinajstić information content (AvgIpc) is 3.27. The molecule has 0 saturated heterocycles. The van der Waals surface area contributed by atoms with Crippen LogP contribution in [0.15, 0.2) is 42.7 Å². The molecule has 3 rings (SSSR count). The van der Waals surface area contributed by atoms with E-state index >= 15 is 0 Å². The first-order valence-electron chi connectivity index (χ1n) is 7.86. The van der Waals surface area contributed by atoms with E-state index in [2.05, 4.69) is 26.7 Å². The molecule has 0 bridgehead atoms. The second-order valence-electron chi connectivity index (χ2n) is 5.50. The minimum Gasteiger partial charge on any atom is -0.477 e. The van der Waals surface area contributed by atoms with Crippen molar-refractivity contribution < 1.29 is 9.90 Å². The summed E-state index contributed by atoms with van der Waals surface area (Å²) < 4.78 is 0. The predicted molar refractivity (Wildman–Crippen MR) is 94.7 cm³/mol. The van der Waals surface area contributed by atoms with Crippen LogP contribution in [0.25, 0.3) is 10.6 Å². The molecule has 7 heteroatoms. The van der Waals surface area contributed by atoms with Crippen molar-refractivity contribution in [1.82, 2.24) is 20.5 Å². The van der Waals surface area contributed by atoms with E-state index < -0.39 is 5.97 Å². The quantitative estimate of drug-likeness (QED) is 0.638. The highest BCUT2D eigenvalue weighted by molar-refractivity contribution is 7.17. The number of rotatable bonds is 8. The van der Waals surface area contributed by atoms with E-state index in [1.54, 1.807) is 6.07 Å². The maximum absolute atomic E-state index is 11.0. The zero-order valence-electron chi connectivity index (χ0n) is 13.2. The van der Waals surface area contributed by atoms with Gasteiger partial charge in [-0.25, -0.2) is 4.79 Å². The lowest BCUT2D eigenvalue weighted by molar-refractivity contribution is 0.0702. The molecular weight excluding hydrogens is 324 g/mol. The minimum absolute atomic E-state index is 0.334. The molecule has 2 aromatic heterocycles. The predicted octanol–water partition coefficient (Wildman–Crippen LogP) is 2.32. The van der Waals surface area contributed by atoms with E-state index in [-0.39, 0.29) is 0 Å². The molecule has 3 N–H and O–H groups in total. The zero-order valence-corrected chi connectivity index (χ0v) is 14.1.